The highest BCUT2D eigenvalue weighted by atomic mass is 16.5. The number of unbranched alkanes of at least 4 members (excludes halogenated alkanes) is 1. The van der Waals surface area contributed by atoms with E-state index in [9.17, 15) is 14.4 Å². The van der Waals surface area contributed by atoms with Crippen molar-refractivity contribution in [2.45, 2.75) is 57.9 Å². The van der Waals surface area contributed by atoms with Crippen LogP contribution in [-0.4, -0.2) is 36.6 Å². The van der Waals surface area contributed by atoms with Crippen molar-refractivity contribution in [1.29, 1.82) is 0 Å². The van der Waals surface area contributed by atoms with E-state index in [0.717, 1.165) is 49.8 Å². The zero-order valence-corrected chi connectivity index (χ0v) is 19.5. The van der Waals surface area contributed by atoms with Crippen LogP contribution in [0, 0.1) is 0 Å². The number of ether oxygens (including phenoxy) is 1. The van der Waals surface area contributed by atoms with Gasteiger partial charge in [0.25, 0.3) is 5.91 Å². The molecule has 1 aliphatic carbocycles. The summed E-state index contributed by atoms with van der Waals surface area (Å²) in [7, 11) is 0. The Kier molecular flexibility index (Phi) is 9.64. The first-order valence-corrected chi connectivity index (χ1v) is 11.8. The van der Waals surface area contributed by atoms with Crippen molar-refractivity contribution in [3.05, 3.63) is 59.7 Å². The van der Waals surface area contributed by atoms with Crippen LogP contribution in [0.15, 0.2) is 53.6 Å². The lowest BCUT2D eigenvalue weighted by molar-refractivity contribution is -0.136. The van der Waals surface area contributed by atoms with E-state index < -0.39 is 11.8 Å². The van der Waals surface area contributed by atoms with Crippen LogP contribution in [0.2, 0.25) is 0 Å². The molecule has 0 aromatic heterocycles. The van der Waals surface area contributed by atoms with Crippen molar-refractivity contribution < 1.29 is 19.1 Å². The number of hydrogen-bond donors (Lipinski definition) is 3. The van der Waals surface area contributed by atoms with Gasteiger partial charge in [-0.05, 0) is 61.2 Å². The highest BCUT2D eigenvalue weighted by molar-refractivity contribution is 6.40. The molecule has 8 heteroatoms. The highest BCUT2D eigenvalue weighted by Crippen LogP contribution is 2.20. The van der Waals surface area contributed by atoms with Crippen molar-refractivity contribution in [2.24, 2.45) is 5.10 Å². The van der Waals surface area contributed by atoms with Crippen LogP contribution in [0.5, 0.6) is 5.75 Å². The van der Waals surface area contributed by atoms with Crippen molar-refractivity contribution >= 4 is 29.6 Å². The summed E-state index contributed by atoms with van der Waals surface area (Å²) in [6.45, 7) is 2.77. The van der Waals surface area contributed by atoms with E-state index in [1.54, 1.807) is 36.4 Å². The van der Waals surface area contributed by atoms with Crippen LogP contribution in [0.3, 0.4) is 0 Å². The van der Waals surface area contributed by atoms with Gasteiger partial charge in [0.1, 0.15) is 5.75 Å². The molecule has 0 heterocycles. The minimum Gasteiger partial charge on any atom is -0.494 e. The second-order valence-electron chi connectivity index (χ2n) is 8.28. The summed E-state index contributed by atoms with van der Waals surface area (Å²) < 4.78 is 5.61. The Morgan fingerprint density at radius 1 is 1.00 bits per heavy atom. The standard InChI is InChI=1S/C26H32N4O4/c1-2-3-17-34-21-15-13-19(14-16-21)18-27-30-26(33)25(32)29-23-12-8-7-11-22(23)24(31)28-20-9-5-4-6-10-20/h7-8,11-16,18,20H,2-6,9-10,17H2,1H3,(H,28,31)(H,29,32)(H,30,33)/b27-18+. The molecule has 3 N–H and O–H groups in total. The van der Waals surface area contributed by atoms with Crippen molar-refractivity contribution in [3.8, 4) is 5.75 Å². The zero-order chi connectivity index (χ0) is 24.2. The van der Waals surface area contributed by atoms with Gasteiger partial charge in [0.2, 0.25) is 0 Å². The predicted molar refractivity (Wildman–Crippen MR) is 132 cm³/mol. The van der Waals surface area contributed by atoms with Gasteiger partial charge in [-0.25, -0.2) is 5.43 Å². The number of amides is 3. The maximum absolute atomic E-state index is 12.7. The quantitative estimate of drug-likeness (QED) is 0.225. The number of para-hydroxylation sites is 1. The number of nitrogens with zero attached hydrogens (tertiary/aromatic N) is 1. The van der Waals surface area contributed by atoms with E-state index in [-0.39, 0.29) is 17.6 Å². The molecule has 0 spiro atoms. The fraction of sp³-hybridized carbons (Fsp3) is 0.385. The molecule has 0 radical (unpaired) electrons. The number of nitrogens with one attached hydrogen (secondary N) is 3. The lowest BCUT2D eigenvalue weighted by atomic mass is 9.95. The third-order valence-corrected chi connectivity index (χ3v) is 5.59. The smallest absolute Gasteiger partial charge is 0.329 e. The number of hydrogen-bond acceptors (Lipinski definition) is 5. The van der Waals surface area contributed by atoms with Crippen molar-refractivity contribution in [2.75, 3.05) is 11.9 Å². The predicted octanol–water partition coefficient (Wildman–Crippen LogP) is 4.02. The average Bonchev–Trinajstić information content (AvgIpc) is 2.86. The van der Waals surface area contributed by atoms with Crippen LogP contribution in [0.4, 0.5) is 5.69 Å². The van der Waals surface area contributed by atoms with Gasteiger partial charge >= 0.3 is 11.8 Å². The Hall–Kier alpha value is -3.68. The molecule has 3 amide bonds. The second-order valence-corrected chi connectivity index (χ2v) is 8.28. The summed E-state index contributed by atoms with van der Waals surface area (Å²) in [6.07, 6.45) is 8.79. The molecule has 8 nitrogen and oxygen atoms in total. The van der Waals surface area contributed by atoms with E-state index >= 15 is 0 Å². The molecular weight excluding hydrogens is 432 g/mol. The first-order chi connectivity index (χ1) is 16.6. The third-order valence-electron chi connectivity index (χ3n) is 5.59. The first-order valence-electron chi connectivity index (χ1n) is 11.8. The van der Waals surface area contributed by atoms with E-state index in [4.69, 9.17) is 4.74 Å². The van der Waals surface area contributed by atoms with Crippen molar-refractivity contribution in [3.63, 3.8) is 0 Å². The first kappa shape index (κ1) is 25.0. The lowest BCUT2D eigenvalue weighted by Gasteiger charge is -2.23. The Morgan fingerprint density at radius 2 is 1.74 bits per heavy atom. The molecule has 0 aliphatic heterocycles. The third kappa shape index (κ3) is 7.72. The Bertz CT molecular complexity index is 998. The second kappa shape index (κ2) is 13.1. The summed E-state index contributed by atoms with van der Waals surface area (Å²) in [4.78, 5) is 37.2. The number of rotatable bonds is 9. The largest absolute Gasteiger partial charge is 0.494 e. The summed E-state index contributed by atoms with van der Waals surface area (Å²) in [5, 5.41) is 9.37. The molecule has 0 atom stereocenters. The molecule has 2 aromatic carbocycles. The normalized spacial score (nSPS) is 13.9. The van der Waals surface area contributed by atoms with E-state index in [1.807, 2.05) is 12.1 Å². The van der Waals surface area contributed by atoms with Crippen LogP contribution < -0.4 is 20.8 Å². The molecule has 34 heavy (non-hydrogen) atoms. The molecule has 0 unspecified atom stereocenters. The molecular formula is C26H32N4O4. The molecule has 3 rings (SSSR count). The topological polar surface area (TPSA) is 109 Å². The average molecular weight is 465 g/mol. The summed E-state index contributed by atoms with van der Waals surface area (Å²) in [6, 6.07) is 14.0. The van der Waals surface area contributed by atoms with Gasteiger partial charge in [-0.2, -0.15) is 5.10 Å². The fourth-order valence-electron chi connectivity index (χ4n) is 3.68. The Balaban J connectivity index is 1.51. The number of carbonyl (C=O) groups is 3. The van der Waals surface area contributed by atoms with Gasteiger partial charge in [0.15, 0.2) is 0 Å². The van der Waals surface area contributed by atoms with E-state index in [2.05, 4.69) is 28.1 Å². The minimum atomic E-state index is -0.932. The van der Waals surface area contributed by atoms with E-state index in [0.29, 0.717) is 12.2 Å². The fourth-order valence-corrected chi connectivity index (χ4v) is 3.68. The molecule has 0 saturated heterocycles. The Morgan fingerprint density at radius 3 is 2.47 bits per heavy atom. The number of benzene rings is 2. The summed E-state index contributed by atoms with van der Waals surface area (Å²) in [5.41, 5.74) is 3.55. The van der Waals surface area contributed by atoms with Crippen LogP contribution in [0.25, 0.3) is 0 Å². The van der Waals surface area contributed by atoms with Gasteiger partial charge < -0.3 is 15.4 Å². The highest BCUT2D eigenvalue weighted by Gasteiger charge is 2.20. The Labute approximate surface area is 200 Å². The number of anilines is 1. The van der Waals surface area contributed by atoms with Gasteiger partial charge in [0.05, 0.1) is 24.1 Å². The molecule has 1 saturated carbocycles. The van der Waals surface area contributed by atoms with E-state index in [1.165, 1.54) is 12.6 Å². The van der Waals surface area contributed by atoms with Crippen molar-refractivity contribution in [1.82, 2.24) is 10.7 Å². The van der Waals surface area contributed by atoms with Crippen LogP contribution in [-0.2, 0) is 9.59 Å². The molecule has 0 bridgehead atoms. The van der Waals surface area contributed by atoms with Crippen LogP contribution in [0.1, 0.15) is 67.8 Å². The molecule has 180 valence electrons. The monoisotopic (exact) mass is 464 g/mol. The SMILES string of the molecule is CCCCOc1ccc(/C=N/NC(=O)C(=O)Nc2ccccc2C(=O)NC2CCCCC2)cc1. The maximum Gasteiger partial charge on any atom is 0.329 e. The van der Waals surface area contributed by atoms with Gasteiger partial charge in [-0.3, -0.25) is 14.4 Å². The van der Waals surface area contributed by atoms with Gasteiger partial charge in [-0.15, -0.1) is 0 Å². The number of carbonyl (C=O) groups excluding carboxylic acids is 3. The minimum absolute atomic E-state index is 0.139. The summed E-state index contributed by atoms with van der Waals surface area (Å²) in [5.74, 6) is -1.34. The maximum atomic E-state index is 12.7. The summed E-state index contributed by atoms with van der Waals surface area (Å²) >= 11 is 0. The molecule has 2 aromatic rings. The zero-order valence-electron chi connectivity index (χ0n) is 19.5. The molecule has 1 fully saturated rings. The van der Waals surface area contributed by atoms with Crippen LogP contribution >= 0.6 is 0 Å². The van der Waals surface area contributed by atoms with Gasteiger partial charge in [-0.1, -0.05) is 44.7 Å². The number of hydrazone groups is 1. The van der Waals surface area contributed by atoms with Gasteiger partial charge in [0, 0.05) is 6.04 Å². The lowest BCUT2D eigenvalue weighted by Crippen LogP contribution is -2.37. The molecule has 1 aliphatic rings.